The highest BCUT2D eigenvalue weighted by atomic mass is 35.5. The third-order valence-corrected chi connectivity index (χ3v) is 5.09. The second kappa shape index (κ2) is 7.82. The molecule has 0 N–H and O–H groups in total. The molecule has 4 nitrogen and oxygen atoms in total. The second-order valence-corrected chi connectivity index (χ2v) is 7.05. The molecule has 0 aliphatic rings. The number of aryl methyl sites for hydroxylation is 1. The minimum absolute atomic E-state index is 0.0445. The Balaban J connectivity index is 2.67. The fourth-order valence-electron chi connectivity index (χ4n) is 1.83. The summed E-state index contributed by atoms with van der Waals surface area (Å²) >= 11 is 5.64. The molecule has 0 atom stereocenters. The number of aromatic nitrogens is 1. The summed E-state index contributed by atoms with van der Waals surface area (Å²) < 4.78 is 26.1. The van der Waals surface area contributed by atoms with Crippen molar-refractivity contribution in [2.24, 2.45) is 0 Å². The Bertz CT molecular complexity index is 463. The molecule has 0 bridgehead atoms. The van der Waals surface area contributed by atoms with Gasteiger partial charge in [0.1, 0.15) is 0 Å². The molecule has 0 aromatic carbocycles. The van der Waals surface area contributed by atoms with Crippen molar-refractivity contribution in [3.05, 3.63) is 30.1 Å². The van der Waals surface area contributed by atoms with Crippen LogP contribution in [0, 0.1) is 0 Å². The molecule has 0 unspecified atom stereocenters. The molecule has 0 saturated heterocycles. The van der Waals surface area contributed by atoms with Crippen molar-refractivity contribution in [2.75, 3.05) is 18.2 Å². The zero-order chi connectivity index (χ0) is 14.3. The predicted octanol–water partition coefficient (Wildman–Crippen LogP) is 2.29. The van der Waals surface area contributed by atoms with Crippen LogP contribution < -0.4 is 0 Å². The molecule has 1 rings (SSSR count). The molecule has 0 aliphatic heterocycles. The normalized spacial score (nSPS) is 12.3. The number of pyridine rings is 1. The Labute approximate surface area is 120 Å². The molecule has 6 heteroatoms. The maximum Gasteiger partial charge on any atom is 0.214 e. The van der Waals surface area contributed by atoms with Crippen molar-refractivity contribution < 1.29 is 8.42 Å². The molecule has 1 aromatic heterocycles. The molecule has 108 valence electrons. The van der Waals surface area contributed by atoms with Gasteiger partial charge in [-0.25, -0.2) is 8.42 Å². The molecule has 1 aromatic rings. The Hall–Kier alpha value is -0.650. The van der Waals surface area contributed by atoms with Gasteiger partial charge in [0.05, 0.1) is 5.75 Å². The van der Waals surface area contributed by atoms with Gasteiger partial charge in [0, 0.05) is 36.8 Å². The van der Waals surface area contributed by atoms with Crippen LogP contribution in [0.15, 0.2) is 24.4 Å². The van der Waals surface area contributed by atoms with E-state index < -0.39 is 10.0 Å². The van der Waals surface area contributed by atoms with Crippen LogP contribution >= 0.6 is 11.6 Å². The van der Waals surface area contributed by atoms with Crippen LogP contribution in [-0.4, -0.2) is 41.9 Å². The van der Waals surface area contributed by atoms with E-state index in [1.165, 1.54) is 4.31 Å². The van der Waals surface area contributed by atoms with Gasteiger partial charge in [-0.3, -0.25) is 4.98 Å². The van der Waals surface area contributed by atoms with E-state index in [0.717, 1.165) is 5.69 Å². The van der Waals surface area contributed by atoms with Gasteiger partial charge >= 0.3 is 0 Å². The Morgan fingerprint density at radius 3 is 2.63 bits per heavy atom. The summed E-state index contributed by atoms with van der Waals surface area (Å²) in [4.78, 5) is 4.14. The quantitative estimate of drug-likeness (QED) is 0.692. The summed E-state index contributed by atoms with van der Waals surface area (Å²) in [5.74, 6) is 0.559. The largest absolute Gasteiger partial charge is 0.261 e. The molecular formula is C13H21ClN2O2S. The van der Waals surface area contributed by atoms with Crippen LogP contribution in [0.2, 0.25) is 0 Å². The first-order valence-corrected chi connectivity index (χ1v) is 8.57. The maximum atomic E-state index is 12.3. The lowest BCUT2D eigenvalue weighted by Gasteiger charge is -2.25. The summed E-state index contributed by atoms with van der Waals surface area (Å²) in [6.07, 6.45) is 2.78. The number of halogens is 1. The fourth-order valence-corrected chi connectivity index (χ4v) is 3.70. The van der Waals surface area contributed by atoms with Gasteiger partial charge in [0.2, 0.25) is 10.0 Å². The van der Waals surface area contributed by atoms with E-state index in [1.807, 2.05) is 32.0 Å². The lowest BCUT2D eigenvalue weighted by molar-refractivity contribution is 0.354. The van der Waals surface area contributed by atoms with Crippen molar-refractivity contribution in [1.29, 1.82) is 0 Å². The molecule has 0 aliphatic carbocycles. The average molecular weight is 305 g/mol. The summed E-state index contributed by atoms with van der Waals surface area (Å²) in [6.45, 7) is 4.24. The molecule has 19 heavy (non-hydrogen) atoms. The first kappa shape index (κ1) is 16.4. The zero-order valence-corrected chi connectivity index (χ0v) is 13.0. The Morgan fingerprint density at radius 1 is 1.37 bits per heavy atom. The molecule has 0 spiro atoms. The van der Waals surface area contributed by atoms with Crippen LogP contribution in [0.1, 0.15) is 26.0 Å². The zero-order valence-electron chi connectivity index (χ0n) is 11.4. The van der Waals surface area contributed by atoms with E-state index >= 15 is 0 Å². The van der Waals surface area contributed by atoms with Crippen molar-refractivity contribution in [2.45, 2.75) is 32.7 Å². The van der Waals surface area contributed by atoms with Crippen LogP contribution in [0.3, 0.4) is 0 Å². The molecule has 0 amide bonds. The molecule has 0 fully saturated rings. The number of rotatable bonds is 8. The summed E-state index contributed by atoms with van der Waals surface area (Å²) in [5.41, 5.74) is 0.798. The Morgan fingerprint density at radius 2 is 2.11 bits per heavy atom. The van der Waals surface area contributed by atoms with E-state index in [2.05, 4.69) is 4.98 Å². The summed E-state index contributed by atoms with van der Waals surface area (Å²) in [7, 11) is -3.26. The highest BCUT2D eigenvalue weighted by Crippen LogP contribution is 2.11. The Kier molecular flexibility index (Phi) is 6.75. The average Bonchev–Trinajstić information content (AvgIpc) is 2.37. The van der Waals surface area contributed by atoms with Gasteiger partial charge in [-0.15, -0.1) is 11.6 Å². The third kappa shape index (κ3) is 5.47. The van der Waals surface area contributed by atoms with Crippen molar-refractivity contribution in [3.63, 3.8) is 0 Å². The van der Waals surface area contributed by atoms with Gasteiger partial charge in [-0.2, -0.15) is 4.31 Å². The molecule has 1 heterocycles. The van der Waals surface area contributed by atoms with E-state index in [0.29, 0.717) is 25.3 Å². The molecule has 0 radical (unpaired) electrons. The van der Waals surface area contributed by atoms with E-state index in [4.69, 9.17) is 11.6 Å². The van der Waals surface area contributed by atoms with E-state index in [1.54, 1.807) is 6.20 Å². The first-order valence-electron chi connectivity index (χ1n) is 6.43. The van der Waals surface area contributed by atoms with Gasteiger partial charge in [-0.1, -0.05) is 6.07 Å². The summed E-state index contributed by atoms with van der Waals surface area (Å²) in [6, 6.07) is 5.48. The lowest BCUT2D eigenvalue weighted by Crippen LogP contribution is -2.39. The minimum atomic E-state index is -3.26. The highest BCUT2D eigenvalue weighted by Gasteiger charge is 2.24. The minimum Gasteiger partial charge on any atom is -0.261 e. The van der Waals surface area contributed by atoms with Crippen LogP contribution in [0.4, 0.5) is 0 Å². The van der Waals surface area contributed by atoms with Crippen LogP contribution in [-0.2, 0) is 16.4 Å². The van der Waals surface area contributed by atoms with Gasteiger partial charge in [-0.05, 0) is 32.4 Å². The molecule has 0 saturated carbocycles. The summed E-state index contributed by atoms with van der Waals surface area (Å²) in [5, 5.41) is 0. The topological polar surface area (TPSA) is 50.3 Å². The van der Waals surface area contributed by atoms with E-state index in [-0.39, 0.29) is 11.8 Å². The predicted molar refractivity (Wildman–Crippen MR) is 78.9 cm³/mol. The van der Waals surface area contributed by atoms with Gasteiger partial charge < -0.3 is 0 Å². The monoisotopic (exact) mass is 304 g/mol. The second-order valence-electron chi connectivity index (χ2n) is 4.63. The number of hydrogen-bond donors (Lipinski definition) is 0. The highest BCUT2D eigenvalue weighted by molar-refractivity contribution is 7.89. The smallest absolute Gasteiger partial charge is 0.214 e. The third-order valence-electron chi connectivity index (χ3n) is 2.79. The first-order chi connectivity index (χ1) is 8.97. The van der Waals surface area contributed by atoms with Crippen molar-refractivity contribution in [3.8, 4) is 0 Å². The van der Waals surface area contributed by atoms with Gasteiger partial charge in [0.25, 0.3) is 0 Å². The van der Waals surface area contributed by atoms with E-state index in [9.17, 15) is 8.42 Å². The molecular weight excluding hydrogens is 284 g/mol. The fraction of sp³-hybridized carbons (Fsp3) is 0.615. The number of hydrogen-bond acceptors (Lipinski definition) is 3. The number of sulfonamides is 1. The number of nitrogens with zero attached hydrogens (tertiary/aromatic N) is 2. The lowest BCUT2D eigenvalue weighted by atomic mass is 10.3. The number of alkyl halides is 1. The van der Waals surface area contributed by atoms with Crippen molar-refractivity contribution in [1.82, 2.24) is 9.29 Å². The standard InChI is InChI=1S/C13H21ClN2O2S/c1-12(2)16(10-5-8-14)19(17,18)11-7-13-6-3-4-9-15-13/h3-4,6,9,12H,5,7-8,10-11H2,1-2H3. The van der Waals surface area contributed by atoms with Crippen LogP contribution in [0.5, 0.6) is 0 Å². The SMILES string of the molecule is CC(C)N(CCCCl)S(=O)(=O)CCc1ccccn1. The van der Waals surface area contributed by atoms with Gasteiger partial charge in [0.15, 0.2) is 0 Å². The van der Waals surface area contributed by atoms with Crippen molar-refractivity contribution >= 4 is 21.6 Å². The van der Waals surface area contributed by atoms with Crippen LogP contribution in [0.25, 0.3) is 0 Å². The maximum absolute atomic E-state index is 12.3.